The highest BCUT2D eigenvalue weighted by atomic mass is 16.1. The summed E-state index contributed by atoms with van der Waals surface area (Å²) in [6, 6.07) is 0. The van der Waals surface area contributed by atoms with Crippen LogP contribution in [-0.2, 0) is 12.5 Å². The van der Waals surface area contributed by atoms with E-state index in [9.17, 15) is 4.79 Å². The predicted molar refractivity (Wildman–Crippen MR) is 52.9 cm³/mol. The number of hydrogen-bond acceptors (Lipinski definition) is 2. The molecule has 1 rings (SSSR count). The maximum atomic E-state index is 11.4. The number of nitrogens with two attached hydrogens (primary N) is 1. The molecule has 13 heavy (non-hydrogen) atoms. The highest BCUT2D eigenvalue weighted by molar-refractivity contribution is 5.23. The lowest BCUT2D eigenvalue weighted by Crippen LogP contribution is -2.29. The van der Waals surface area contributed by atoms with Gasteiger partial charge < -0.3 is 5.73 Å². The van der Waals surface area contributed by atoms with E-state index in [-0.39, 0.29) is 11.0 Å². The quantitative estimate of drug-likeness (QED) is 0.690. The molecule has 0 atom stereocenters. The molecule has 4 heteroatoms. The molecule has 1 aromatic heterocycles. The van der Waals surface area contributed by atoms with Gasteiger partial charge in [0.15, 0.2) is 0 Å². The van der Waals surface area contributed by atoms with Crippen molar-refractivity contribution in [2.45, 2.75) is 26.2 Å². The molecule has 0 bridgehead atoms. The molecule has 0 aliphatic carbocycles. The summed E-state index contributed by atoms with van der Waals surface area (Å²) >= 11 is 0. The monoisotopic (exact) mass is 183 g/mol. The van der Waals surface area contributed by atoms with E-state index in [1.165, 1.54) is 4.68 Å². The lowest BCUT2D eigenvalue weighted by molar-refractivity contribution is 0.508. The Balaban J connectivity index is 3.32. The van der Waals surface area contributed by atoms with E-state index in [1.54, 1.807) is 7.05 Å². The average Bonchev–Trinajstić information content (AvgIpc) is 2.33. The molecule has 3 N–H and O–H groups in total. The van der Waals surface area contributed by atoms with Gasteiger partial charge in [-0.3, -0.25) is 14.6 Å². The second kappa shape index (κ2) is 3.03. The first-order chi connectivity index (χ1) is 5.90. The maximum absolute atomic E-state index is 11.4. The van der Waals surface area contributed by atoms with Gasteiger partial charge in [0, 0.05) is 30.3 Å². The van der Waals surface area contributed by atoms with Crippen LogP contribution >= 0.6 is 0 Å². The van der Waals surface area contributed by atoms with Crippen LogP contribution in [0.15, 0.2) is 4.79 Å². The van der Waals surface area contributed by atoms with Gasteiger partial charge in [0.05, 0.1) is 0 Å². The normalized spacial score (nSPS) is 12.1. The van der Waals surface area contributed by atoms with Crippen molar-refractivity contribution in [3.63, 3.8) is 0 Å². The summed E-state index contributed by atoms with van der Waals surface area (Å²) in [6.07, 6.45) is 0. The summed E-state index contributed by atoms with van der Waals surface area (Å²) in [5, 5.41) is 3.03. The summed E-state index contributed by atoms with van der Waals surface area (Å²) in [6.45, 7) is 6.38. The summed E-state index contributed by atoms with van der Waals surface area (Å²) in [4.78, 5) is 11.4. The van der Waals surface area contributed by atoms with Gasteiger partial charge in [0.2, 0.25) is 0 Å². The first-order valence-electron chi connectivity index (χ1n) is 4.36. The van der Waals surface area contributed by atoms with Crippen molar-refractivity contribution in [1.29, 1.82) is 0 Å². The van der Waals surface area contributed by atoms with E-state index in [0.29, 0.717) is 6.54 Å². The Bertz CT molecular complexity index is 359. The van der Waals surface area contributed by atoms with Crippen LogP contribution in [-0.4, -0.2) is 16.3 Å². The number of aromatic nitrogens is 2. The minimum atomic E-state index is -0.162. The minimum absolute atomic E-state index is 0.0246. The molecule has 0 aliphatic heterocycles. The number of aryl methyl sites for hydroxylation is 1. The Labute approximate surface area is 77.7 Å². The van der Waals surface area contributed by atoms with E-state index < -0.39 is 0 Å². The van der Waals surface area contributed by atoms with E-state index >= 15 is 0 Å². The van der Waals surface area contributed by atoms with E-state index in [2.05, 4.69) is 5.10 Å². The standard InChI is InChI=1S/C9H17N3O/c1-6-7(9(2,3)5-10)11-12(4)8(6)13/h11H,5,10H2,1-4H3. The minimum Gasteiger partial charge on any atom is -0.330 e. The van der Waals surface area contributed by atoms with Crippen LogP contribution in [0.3, 0.4) is 0 Å². The zero-order valence-corrected chi connectivity index (χ0v) is 8.64. The number of rotatable bonds is 2. The predicted octanol–water partition coefficient (Wildman–Crippen LogP) is 0.258. The van der Waals surface area contributed by atoms with E-state index in [0.717, 1.165) is 11.3 Å². The van der Waals surface area contributed by atoms with Crippen LogP contribution in [0, 0.1) is 6.92 Å². The molecule has 1 heterocycles. The van der Waals surface area contributed by atoms with Crippen LogP contribution < -0.4 is 11.3 Å². The fraction of sp³-hybridized carbons (Fsp3) is 0.667. The van der Waals surface area contributed by atoms with Gasteiger partial charge >= 0.3 is 0 Å². The summed E-state index contributed by atoms with van der Waals surface area (Å²) in [5.41, 5.74) is 7.19. The number of aromatic amines is 1. The largest absolute Gasteiger partial charge is 0.330 e. The van der Waals surface area contributed by atoms with Gasteiger partial charge in [0.25, 0.3) is 5.56 Å². The molecule has 1 aromatic rings. The first kappa shape index (κ1) is 10.1. The van der Waals surface area contributed by atoms with E-state index in [4.69, 9.17) is 5.73 Å². The van der Waals surface area contributed by atoms with Gasteiger partial charge in [0.1, 0.15) is 0 Å². The van der Waals surface area contributed by atoms with Crippen LogP contribution in [0.25, 0.3) is 0 Å². The summed E-state index contributed by atoms with van der Waals surface area (Å²) < 4.78 is 1.49. The third-order valence-electron chi connectivity index (χ3n) is 2.47. The van der Waals surface area contributed by atoms with Gasteiger partial charge in [-0.25, -0.2) is 0 Å². The Morgan fingerprint density at radius 3 is 2.38 bits per heavy atom. The summed E-state index contributed by atoms with van der Waals surface area (Å²) in [7, 11) is 1.71. The molecule has 0 saturated heterocycles. The van der Waals surface area contributed by atoms with Gasteiger partial charge in [-0.05, 0) is 6.92 Å². The second-order valence-electron chi connectivity index (χ2n) is 4.06. The molecule has 0 unspecified atom stereocenters. The number of hydrogen-bond donors (Lipinski definition) is 2. The molecule has 0 fully saturated rings. The smallest absolute Gasteiger partial charge is 0.269 e. The first-order valence-corrected chi connectivity index (χ1v) is 4.36. The van der Waals surface area contributed by atoms with Crippen molar-refractivity contribution in [2.75, 3.05) is 6.54 Å². The van der Waals surface area contributed by atoms with Gasteiger partial charge in [-0.1, -0.05) is 13.8 Å². The zero-order valence-electron chi connectivity index (χ0n) is 8.64. The molecular weight excluding hydrogens is 166 g/mol. The van der Waals surface area contributed by atoms with Crippen molar-refractivity contribution in [3.8, 4) is 0 Å². The fourth-order valence-corrected chi connectivity index (χ4v) is 1.42. The Hall–Kier alpha value is -1.03. The highest BCUT2D eigenvalue weighted by Crippen LogP contribution is 2.20. The summed E-state index contributed by atoms with van der Waals surface area (Å²) in [5.74, 6) is 0. The molecule has 0 spiro atoms. The van der Waals surface area contributed by atoms with Crippen LogP contribution in [0.2, 0.25) is 0 Å². The molecule has 0 radical (unpaired) electrons. The number of H-pyrrole nitrogens is 1. The van der Waals surface area contributed by atoms with Gasteiger partial charge in [-0.2, -0.15) is 0 Å². The van der Waals surface area contributed by atoms with Crippen molar-refractivity contribution in [2.24, 2.45) is 12.8 Å². The Morgan fingerprint density at radius 1 is 1.54 bits per heavy atom. The zero-order chi connectivity index (χ0) is 10.2. The van der Waals surface area contributed by atoms with Crippen LogP contribution in [0.4, 0.5) is 0 Å². The molecular formula is C9H17N3O. The Kier molecular flexibility index (Phi) is 2.34. The molecule has 4 nitrogen and oxygen atoms in total. The maximum Gasteiger partial charge on any atom is 0.269 e. The number of nitrogens with zero attached hydrogens (tertiary/aromatic N) is 1. The average molecular weight is 183 g/mol. The topological polar surface area (TPSA) is 63.8 Å². The molecule has 0 aromatic carbocycles. The SMILES string of the molecule is Cc1c(C(C)(C)CN)[nH]n(C)c1=O. The lowest BCUT2D eigenvalue weighted by atomic mass is 9.87. The Morgan fingerprint density at radius 2 is 2.08 bits per heavy atom. The number of nitrogens with one attached hydrogen (secondary N) is 1. The lowest BCUT2D eigenvalue weighted by Gasteiger charge is -2.21. The van der Waals surface area contributed by atoms with Crippen molar-refractivity contribution < 1.29 is 0 Å². The van der Waals surface area contributed by atoms with Gasteiger partial charge in [-0.15, -0.1) is 0 Å². The second-order valence-corrected chi connectivity index (χ2v) is 4.06. The molecule has 0 saturated carbocycles. The van der Waals surface area contributed by atoms with Crippen LogP contribution in [0.1, 0.15) is 25.1 Å². The fourth-order valence-electron chi connectivity index (χ4n) is 1.42. The highest BCUT2D eigenvalue weighted by Gasteiger charge is 2.24. The van der Waals surface area contributed by atoms with Crippen molar-refractivity contribution >= 4 is 0 Å². The van der Waals surface area contributed by atoms with E-state index in [1.807, 2.05) is 20.8 Å². The molecule has 74 valence electrons. The van der Waals surface area contributed by atoms with Crippen molar-refractivity contribution in [3.05, 3.63) is 21.6 Å². The van der Waals surface area contributed by atoms with Crippen LogP contribution in [0.5, 0.6) is 0 Å². The molecule has 0 amide bonds. The third-order valence-corrected chi connectivity index (χ3v) is 2.47. The van der Waals surface area contributed by atoms with Crippen molar-refractivity contribution in [1.82, 2.24) is 9.78 Å². The third kappa shape index (κ3) is 1.54. The molecule has 0 aliphatic rings.